The van der Waals surface area contributed by atoms with Gasteiger partial charge >= 0.3 is 0 Å². The molecule has 2 fully saturated rings. The molecule has 2 saturated heterocycles. The lowest BCUT2D eigenvalue weighted by atomic mass is 9.86. The number of thioether (sulfide) groups is 1. The molecule has 3 N–H and O–H groups in total. The van der Waals surface area contributed by atoms with Gasteiger partial charge in [-0.15, -0.1) is 23.1 Å². The van der Waals surface area contributed by atoms with Crippen LogP contribution in [-0.2, 0) is 25.8 Å². The Kier molecular flexibility index (Phi) is 6.02. The number of hydrogen-bond acceptors (Lipinski definition) is 10. The van der Waals surface area contributed by atoms with Gasteiger partial charge in [0.1, 0.15) is 24.2 Å². The minimum atomic E-state index is -1.24. The molecule has 4 heterocycles. The maximum absolute atomic E-state index is 12.8. The number of carboxylic acids is 1. The number of oxime groups is 1. The maximum atomic E-state index is 12.8. The number of amides is 2. The van der Waals surface area contributed by atoms with E-state index in [0.29, 0.717) is 0 Å². The third kappa shape index (κ3) is 4.00. The minimum absolute atomic E-state index is 0.00172. The zero-order valence-corrected chi connectivity index (χ0v) is 18.6. The summed E-state index contributed by atoms with van der Waals surface area (Å²) in [7, 11) is 1.29. The highest BCUT2D eigenvalue weighted by Gasteiger charge is 2.57. The fraction of sp³-hybridized carbons (Fsp3) is 0.368. The van der Waals surface area contributed by atoms with E-state index in [4.69, 9.17) is 10.6 Å². The predicted octanol–water partition coefficient (Wildman–Crippen LogP) is -1.80. The number of carbonyl (C=O) groups is 3. The van der Waals surface area contributed by atoms with Gasteiger partial charge in [0.05, 0.1) is 11.4 Å². The summed E-state index contributed by atoms with van der Waals surface area (Å²) in [6.45, 7) is 0.175. The Morgan fingerprint density at radius 1 is 1.44 bits per heavy atom. The van der Waals surface area contributed by atoms with E-state index in [-0.39, 0.29) is 46.7 Å². The van der Waals surface area contributed by atoms with Gasteiger partial charge < -0.3 is 30.7 Å². The zero-order valence-electron chi connectivity index (χ0n) is 17.0. The highest BCUT2D eigenvalue weighted by Crippen LogP contribution is 2.42. The van der Waals surface area contributed by atoms with Gasteiger partial charge in [0.2, 0.25) is 5.91 Å². The summed E-state index contributed by atoms with van der Waals surface area (Å²) in [6.07, 6.45) is 3.54. The molecule has 11 nitrogen and oxygen atoms in total. The number of hydrogen-bond donors (Lipinski definition) is 2. The molecule has 0 radical (unpaired) electrons. The molecule has 0 aliphatic carbocycles. The highest BCUT2D eigenvalue weighted by atomic mass is 32.2. The van der Waals surface area contributed by atoms with Crippen molar-refractivity contribution in [1.29, 1.82) is 0 Å². The highest BCUT2D eigenvalue weighted by molar-refractivity contribution is 8.00. The molecular formula is C19H20N6O5S2. The second kappa shape index (κ2) is 8.74. The van der Waals surface area contributed by atoms with Crippen molar-refractivity contribution in [3.63, 3.8) is 0 Å². The first-order chi connectivity index (χ1) is 15.3. The number of nitrogen functional groups attached to an aromatic ring is 1. The summed E-state index contributed by atoms with van der Waals surface area (Å²) < 4.78 is 1.76. The predicted molar refractivity (Wildman–Crippen MR) is 114 cm³/mol. The third-order valence-corrected chi connectivity index (χ3v) is 7.55. The molecule has 2 aromatic heterocycles. The molecule has 168 valence electrons. The Balaban J connectivity index is 1.46. The number of fused-ring (bicyclic) bond motifs is 1. The number of anilines is 1. The molecule has 2 aromatic rings. The van der Waals surface area contributed by atoms with E-state index in [1.54, 1.807) is 34.5 Å². The molecule has 0 spiro atoms. The van der Waals surface area contributed by atoms with E-state index >= 15 is 0 Å². The van der Waals surface area contributed by atoms with Crippen molar-refractivity contribution in [3.8, 4) is 0 Å². The molecule has 2 unspecified atom stereocenters. The van der Waals surface area contributed by atoms with Crippen molar-refractivity contribution < 1.29 is 28.9 Å². The van der Waals surface area contributed by atoms with Crippen LogP contribution in [0.3, 0.4) is 0 Å². The van der Waals surface area contributed by atoms with E-state index in [1.807, 2.05) is 6.07 Å². The largest absolute Gasteiger partial charge is 0.549 e. The van der Waals surface area contributed by atoms with Gasteiger partial charge in [-0.3, -0.25) is 9.59 Å². The Bertz CT molecular complexity index is 1080. The molecule has 32 heavy (non-hydrogen) atoms. The molecule has 4 rings (SSSR count). The second-order valence-electron chi connectivity index (χ2n) is 7.43. The van der Waals surface area contributed by atoms with Crippen molar-refractivity contribution in [2.75, 3.05) is 25.1 Å². The molecule has 2 aliphatic heterocycles. The monoisotopic (exact) mass is 476 g/mol. The number of nitrogens with two attached hydrogens (primary N) is 1. The number of aromatic nitrogens is 2. The average Bonchev–Trinajstić information content (AvgIpc) is 3.22. The lowest BCUT2D eigenvalue weighted by molar-refractivity contribution is -0.707. The van der Waals surface area contributed by atoms with Crippen LogP contribution >= 0.6 is 23.1 Å². The van der Waals surface area contributed by atoms with Crippen LogP contribution in [0.1, 0.15) is 5.69 Å². The molecule has 0 bridgehead atoms. The number of aliphatic carboxylic acids is 1. The van der Waals surface area contributed by atoms with E-state index in [2.05, 4.69) is 15.5 Å². The van der Waals surface area contributed by atoms with Crippen molar-refractivity contribution in [2.45, 2.75) is 18.0 Å². The average molecular weight is 477 g/mol. The van der Waals surface area contributed by atoms with Crippen LogP contribution in [0.4, 0.5) is 5.13 Å². The van der Waals surface area contributed by atoms with Crippen LogP contribution in [0.2, 0.25) is 0 Å². The summed E-state index contributed by atoms with van der Waals surface area (Å²) in [6, 6.07) is 4.63. The van der Waals surface area contributed by atoms with Gasteiger partial charge in [-0.25, -0.2) is 9.55 Å². The topological polar surface area (TPSA) is 154 Å². The third-order valence-electron chi connectivity index (χ3n) is 5.29. The SMILES string of the molecule is CON=C(C(=O)NC1C(=O)N2CC(C[n+]3ccccc3)(C(=O)[O-])CS[C@H]12)c1csc(N)n1. The molecule has 2 aliphatic rings. The lowest BCUT2D eigenvalue weighted by Gasteiger charge is -2.54. The van der Waals surface area contributed by atoms with Crippen molar-refractivity contribution in [1.82, 2.24) is 15.2 Å². The smallest absolute Gasteiger partial charge is 0.276 e. The number of β-lactam (4-membered cyclic amide) rings is 1. The van der Waals surface area contributed by atoms with E-state index < -0.39 is 23.3 Å². The van der Waals surface area contributed by atoms with Gasteiger partial charge in [-0.2, -0.15) is 0 Å². The first kappa shape index (κ1) is 22.0. The van der Waals surface area contributed by atoms with Gasteiger partial charge in [0.25, 0.3) is 5.91 Å². The lowest BCUT2D eigenvalue weighted by Crippen LogP contribution is -2.75. The Morgan fingerprint density at radius 3 is 2.81 bits per heavy atom. The molecule has 3 atom stereocenters. The van der Waals surface area contributed by atoms with Crippen LogP contribution < -0.4 is 20.7 Å². The summed E-state index contributed by atoms with van der Waals surface area (Å²) in [4.78, 5) is 47.8. The van der Waals surface area contributed by atoms with Crippen LogP contribution in [0.25, 0.3) is 0 Å². The number of carboxylic acid groups (broad SMARTS) is 1. The van der Waals surface area contributed by atoms with Gasteiger partial charge in [0, 0.05) is 29.8 Å². The number of nitrogens with one attached hydrogen (secondary N) is 1. The second-order valence-corrected chi connectivity index (χ2v) is 9.42. The fourth-order valence-corrected chi connectivity index (χ4v) is 5.78. The van der Waals surface area contributed by atoms with E-state index in [0.717, 1.165) is 11.3 Å². The Morgan fingerprint density at radius 2 is 2.19 bits per heavy atom. The maximum Gasteiger partial charge on any atom is 0.276 e. The zero-order chi connectivity index (χ0) is 22.9. The standard InChI is InChI=1S/C19H20N6O5S2/c1-30-23-12(11-7-31-18(20)21-11)14(26)22-13-15(27)25-9-19(17(28)29,10-32-16(13)25)8-24-5-3-2-4-6-24/h2-7,13,16H,8-10H2,1H3,(H3-,20,21,22,26,28,29)/t13?,16-,19?/m1/s1. The Labute approximate surface area is 191 Å². The van der Waals surface area contributed by atoms with Crippen molar-refractivity contribution in [2.24, 2.45) is 10.6 Å². The molecule has 2 amide bonds. The van der Waals surface area contributed by atoms with E-state index in [9.17, 15) is 19.5 Å². The van der Waals surface area contributed by atoms with Crippen LogP contribution in [0.5, 0.6) is 0 Å². The molecule has 13 heteroatoms. The van der Waals surface area contributed by atoms with Crippen LogP contribution in [-0.4, -0.2) is 64.2 Å². The van der Waals surface area contributed by atoms with Gasteiger partial charge in [-0.1, -0.05) is 11.2 Å². The molecule has 0 saturated carbocycles. The minimum Gasteiger partial charge on any atom is -0.549 e. The van der Waals surface area contributed by atoms with Crippen LogP contribution in [0, 0.1) is 5.41 Å². The summed E-state index contributed by atoms with van der Waals surface area (Å²) in [5.74, 6) is -1.98. The van der Waals surface area contributed by atoms with Gasteiger partial charge in [0.15, 0.2) is 29.8 Å². The number of rotatable bonds is 7. The van der Waals surface area contributed by atoms with Crippen LogP contribution in [0.15, 0.2) is 41.1 Å². The van der Waals surface area contributed by atoms with Crippen molar-refractivity contribution >= 4 is 51.7 Å². The number of thiazole rings is 1. The first-order valence-electron chi connectivity index (χ1n) is 9.56. The normalized spacial score (nSPS) is 25.0. The van der Waals surface area contributed by atoms with Crippen molar-refractivity contribution in [3.05, 3.63) is 41.7 Å². The summed E-state index contributed by atoms with van der Waals surface area (Å²) in [5.41, 5.74) is 4.53. The fourth-order valence-electron chi connectivity index (χ4n) is 3.70. The van der Waals surface area contributed by atoms with E-state index in [1.165, 1.54) is 23.8 Å². The number of carbonyl (C=O) groups excluding carboxylic acids is 3. The molecule has 0 aromatic carbocycles. The Hall–Kier alpha value is -3.19. The quantitative estimate of drug-likeness (QED) is 0.205. The molecular weight excluding hydrogens is 456 g/mol. The summed E-state index contributed by atoms with van der Waals surface area (Å²) >= 11 is 2.44. The van der Waals surface area contributed by atoms with Gasteiger partial charge in [-0.05, 0) is 0 Å². The number of nitrogens with zero attached hydrogens (tertiary/aromatic N) is 4. The summed E-state index contributed by atoms with van der Waals surface area (Å²) in [5, 5.41) is 19.9. The number of pyridine rings is 1. The first-order valence-corrected chi connectivity index (χ1v) is 11.5.